The number of fused-ring (bicyclic) bond motifs is 1. The van der Waals surface area contributed by atoms with Crippen LogP contribution in [0.4, 0.5) is 0 Å². The van der Waals surface area contributed by atoms with Gasteiger partial charge >= 0.3 is 0 Å². The maximum Gasteiger partial charge on any atom is 0.161 e. The van der Waals surface area contributed by atoms with Crippen LogP contribution in [0.3, 0.4) is 0 Å². The van der Waals surface area contributed by atoms with Crippen LogP contribution in [0.1, 0.15) is 29.7 Å². The van der Waals surface area contributed by atoms with Crippen molar-refractivity contribution in [2.75, 3.05) is 20.3 Å². The Balaban J connectivity index is 2.04. The van der Waals surface area contributed by atoms with Gasteiger partial charge in [-0.15, -0.1) is 0 Å². The van der Waals surface area contributed by atoms with Gasteiger partial charge in [-0.3, -0.25) is 0 Å². The van der Waals surface area contributed by atoms with Crippen LogP contribution >= 0.6 is 15.9 Å². The number of nitrogens with one attached hydrogen (secondary N) is 1. The molecule has 0 aromatic heterocycles. The van der Waals surface area contributed by atoms with Gasteiger partial charge in [-0.25, -0.2) is 0 Å². The Bertz CT molecular complexity index is 655. The van der Waals surface area contributed by atoms with Gasteiger partial charge in [0.15, 0.2) is 11.5 Å². The SMILES string of the molecule is CCOc1cc2c(cc1OC)CCNC2c1ccc(Br)cc1. The van der Waals surface area contributed by atoms with Crippen LogP contribution in [0.15, 0.2) is 40.9 Å². The minimum atomic E-state index is 0.196. The second kappa shape index (κ2) is 6.71. The van der Waals surface area contributed by atoms with Crippen LogP contribution in [0, 0.1) is 0 Å². The first-order chi connectivity index (χ1) is 10.7. The van der Waals surface area contributed by atoms with Crippen molar-refractivity contribution in [2.45, 2.75) is 19.4 Å². The lowest BCUT2D eigenvalue weighted by Gasteiger charge is -2.28. The molecule has 2 aromatic rings. The fourth-order valence-electron chi connectivity index (χ4n) is 2.94. The van der Waals surface area contributed by atoms with E-state index in [9.17, 15) is 0 Å². The number of rotatable bonds is 4. The summed E-state index contributed by atoms with van der Waals surface area (Å²) in [4.78, 5) is 0. The van der Waals surface area contributed by atoms with Gasteiger partial charge < -0.3 is 14.8 Å². The summed E-state index contributed by atoms with van der Waals surface area (Å²) in [6, 6.07) is 12.9. The van der Waals surface area contributed by atoms with E-state index in [1.807, 2.05) is 6.92 Å². The average Bonchev–Trinajstić information content (AvgIpc) is 2.55. The van der Waals surface area contributed by atoms with E-state index in [4.69, 9.17) is 9.47 Å². The van der Waals surface area contributed by atoms with Crippen molar-refractivity contribution in [3.8, 4) is 11.5 Å². The average molecular weight is 362 g/mol. The van der Waals surface area contributed by atoms with Crippen molar-refractivity contribution >= 4 is 15.9 Å². The molecule has 3 rings (SSSR count). The molecule has 3 nitrogen and oxygen atoms in total. The number of methoxy groups -OCH3 is 1. The molecule has 0 fully saturated rings. The van der Waals surface area contributed by atoms with E-state index < -0.39 is 0 Å². The molecule has 1 aliphatic heterocycles. The van der Waals surface area contributed by atoms with Gasteiger partial charge in [0.1, 0.15) is 0 Å². The molecule has 1 heterocycles. The molecule has 0 spiro atoms. The lowest BCUT2D eigenvalue weighted by atomic mass is 9.89. The van der Waals surface area contributed by atoms with Gasteiger partial charge in [-0.2, -0.15) is 0 Å². The summed E-state index contributed by atoms with van der Waals surface area (Å²) in [6.07, 6.45) is 1.01. The van der Waals surface area contributed by atoms with Gasteiger partial charge in [0, 0.05) is 11.0 Å². The highest BCUT2D eigenvalue weighted by molar-refractivity contribution is 9.10. The first-order valence-electron chi connectivity index (χ1n) is 7.55. The lowest BCUT2D eigenvalue weighted by molar-refractivity contribution is 0.309. The van der Waals surface area contributed by atoms with Gasteiger partial charge in [-0.1, -0.05) is 28.1 Å². The van der Waals surface area contributed by atoms with Crippen molar-refractivity contribution < 1.29 is 9.47 Å². The molecule has 0 saturated carbocycles. The van der Waals surface area contributed by atoms with E-state index in [1.165, 1.54) is 16.7 Å². The maximum atomic E-state index is 5.74. The van der Waals surface area contributed by atoms with E-state index in [1.54, 1.807) is 7.11 Å². The fourth-order valence-corrected chi connectivity index (χ4v) is 3.21. The van der Waals surface area contributed by atoms with Crippen molar-refractivity contribution in [1.29, 1.82) is 0 Å². The van der Waals surface area contributed by atoms with Gasteiger partial charge in [0.05, 0.1) is 19.8 Å². The first kappa shape index (κ1) is 15.4. The summed E-state index contributed by atoms with van der Waals surface area (Å²) < 4.78 is 12.3. The molecule has 4 heteroatoms. The fraction of sp³-hybridized carbons (Fsp3) is 0.333. The molecule has 2 aromatic carbocycles. The third kappa shape index (κ3) is 2.99. The van der Waals surface area contributed by atoms with Crippen LogP contribution in [0.25, 0.3) is 0 Å². The Kier molecular flexibility index (Phi) is 4.69. The van der Waals surface area contributed by atoms with E-state index in [0.29, 0.717) is 6.61 Å². The molecule has 1 aliphatic rings. The monoisotopic (exact) mass is 361 g/mol. The molecular formula is C18H20BrNO2. The van der Waals surface area contributed by atoms with Gasteiger partial charge in [0.2, 0.25) is 0 Å². The van der Waals surface area contributed by atoms with Gasteiger partial charge in [-0.05, 0) is 54.3 Å². The summed E-state index contributed by atoms with van der Waals surface area (Å²) in [5.41, 5.74) is 3.86. The quantitative estimate of drug-likeness (QED) is 0.889. The minimum absolute atomic E-state index is 0.196. The second-order valence-electron chi connectivity index (χ2n) is 5.32. The topological polar surface area (TPSA) is 30.5 Å². The summed E-state index contributed by atoms with van der Waals surface area (Å²) >= 11 is 3.50. The van der Waals surface area contributed by atoms with Crippen LogP contribution in [-0.4, -0.2) is 20.3 Å². The minimum Gasteiger partial charge on any atom is -0.493 e. The van der Waals surface area contributed by atoms with E-state index in [2.05, 4.69) is 57.6 Å². The summed E-state index contributed by atoms with van der Waals surface area (Å²) in [5.74, 6) is 1.63. The highest BCUT2D eigenvalue weighted by Crippen LogP contribution is 2.37. The molecule has 0 saturated heterocycles. The summed E-state index contributed by atoms with van der Waals surface area (Å²) in [5, 5.41) is 3.61. The number of benzene rings is 2. The largest absolute Gasteiger partial charge is 0.493 e. The standard InChI is InChI=1S/C18H20BrNO2/c1-3-22-17-11-15-13(10-16(17)21-2)8-9-20-18(15)12-4-6-14(19)7-5-12/h4-7,10-11,18,20H,3,8-9H2,1-2H3. The van der Waals surface area contributed by atoms with E-state index in [0.717, 1.165) is 28.9 Å². The Morgan fingerprint density at radius 3 is 2.64 bits per heavy atom. The Morgan fingerprint density at radius 2 is 1.95 bits per heavy atom. The Hall–Kier alpha value is -1.52. The molecule has 0 aliphatic carbocycles. The number of hydrogen-bond donors (Lipinski definition) is 1. The van der Waals surface area contributed by atoms with Crippen LogP contribution in [0.5, 0.6) is 11.5 Å². The Morgan fingerprint density at radius 1 is 1.18 bits per heavy atom. The third-order valence-electron chi connectivity index (χ3n) is 3.98. The predicted octanol–water partition coefficient (Wildman–Crippen LogP) is 4.09. The van der Waals surface area contributed by atoms with Crippen molar-refractivity contribution in [3.05, 3.63) is 57.6 Å². The molecule has 116 valence electrons. The molecule has 1 N–H and O–H groups in total. The van der Waals surface area contributed by atoms with Gasteiger partial charge in [0.25, 0.3) is 0 Å². The number of ether oxygens (including phenoxy) is 2. The smallest absolute Gasteiger partial charge is 0.161 e. The van der Waals surface area contributed by atoms with Crippen molar-refractivity contribution in [3.63, 3.8) is 0 Å². The summed E-state index contributed by atoms with van der Waals surface area (Å²) in [7, 11) is 1.69. The third-order valence-corrected chi connectivity index (χ3v) is 4.51. The molecular weight excluding hydrogens is 342 g/mol. The van der Waals surface area contributed by atoms with Crippen molar-refractivity contribution in [2.24, 2.45) is 0 Å². The summed E-state index contributed by atoms with van der Waals surface area (Å²) in [6.45, 7) is 3.58. The zero-order chi connectivity index (χ0) is 15.5. The van der Waals surface area contributed by atoms with Crippen LogP contribution in [0.2, 0.25) is 0 Å². The zero-order valence-corrected chi connectivity index (χ0v) is 14.4. The molecule has 1 atom stereocenters. The molecule has 1 unspecified atom stereocenters. The second-order valence-corrected chi connectivity index (χ2v) is 6.24. The van der Waals surface area contributed by atoms with E-state index >= 15 is 0 Å². The number of hydrogen-bond acceptors (Lipinski definition) is 3. The highest BCUT2D eigenvalue weighted by Gasteiger charge is 2.23. The normalized spacial score (nSPS) is 17.0. The highest BCUT2D eigenvalue weighted by atomic mass is 79.9. The number of halogens is 1. The van der Waals surface area contributed by atoms with Crippen molar-refractivity contribution in [1.82, 2.24) is 5.32 Å². The molecule has 22 heavy (non-hydrogen) atoms. The lowest BCUT2D eigenvalue weighted by Crippen LogP contribution is -2.30. The van der Waals surface area contributed by atoms with Crippen LogP contribution in [-0.2, 0) is 6.42 Å². The molecule has 0 radical (unpaired) electrons. The van der Waals surface area contributed by atoms with Crippen LogP contribution < -0.4 is 14.8 Å². The molecule has 0 bridgehead atoms. The maximum absolute atomic E-state index is 5.74. The van der Waals surface area contributed by atoms with E-state index in [-0.39, 0.29) is 6.04 Å². The first-order valence-corrected chi connectivity index (χ1v) is 8.34. The molecule has 0 amide bonds. The Labute approximate surface area is 139 Å². The zero-order valence-electron chi connectivity index (χ0n) is 12.9. The predicted molar refractivity (Wildman–Crippen MR) is 91.9 cm³/mol.